The number of likely N-dealkylation sites (tertiary alicyclic amines) is 1. The van der Waals surface area contributed by atoms with E-state index in [1.54, 1.807) is 0 Å². The summed E-state index contributed by atoms with van der Waals surface area (Å²) in [5.74, 6) is 0. The zero-order chi connectivity index (χ0) is 22.9. The Kier molecular flexibility index (Phi) is 5.74. The molecule has 0 unspecified atom stereocenters. The van der Waals surface area contributed by atoms with Crippen molar-refractivity contribution in [3.05, 3.63) is 77.1 Å². The normalized spacial score (nSPS) is 14.5. The first kappa shape index (κ1) is 21.4. The number of aryl methyl sites for hydroxylation is 3. The van der Waals surface area contributed by atoms with E-state index < -0.39 is 0 Å². The van der Waals surface area contributed by atoms with Crippen LogP contribution in [0, 0.1) is 25.2 Å². The highest BCUT2D eigenvalue weighted by Gasteiger charge is 2.20. The number of hydrogen-bond acceptors (Lipinski definition) is 3. The second-order valence-electron chi connectivity index (χ2n) is 9.31. The molecule has 0 spiro atoms. The molecule has 5 rings (SSSR count). The van der Waals surface area contributed by atoms with Gasteiger partial charge in [0.2, 0.25) is 0 Å². The minimum absolute atomic E-state index is 0.701. The first-order valence-electron chi connectivity index (χ1n) is 11.8. The maximum Gasteiger partial charge on any atom is 0.0998 e. The van der Waals surface area contributed by atoms with Gasteiger partial charge < -0.3 is 4.57 Å². The van der Waals surface area contributed by atoms with Gasteiger partial charge in [0.1, 0.15) is 0 Å². The highest BCUT2D eigenvalue weighted by molar-refractivity contribution is 6.01. The van der Waals surface area contributed by atoms with Crippen molar-refractivity contribution in [1.29, 1.82) is 5.26 Å². The number of nitrogens with zero attached hydrogens (tertiary/aromatic N) is 4. The van der Waals surface area contributed by atoms with Crippen molar-refractivity contribution in [1.82, 2.24) is 14.5 Å². The average Bonchev–Trinajstić information content (AvgIpc) is 3.19. The van der Waals surface area contributed by atoms with Crippen LogP contribution in [0.15, 0.2) is 54.9 Å². The van der Waals surface area contributed by atoms with Crippen molar-refractivity contribution < 1.29 is 0 Å². The molecule has 1 saturated heterocycles. The van der Waals surface area contributed by atoms with E-state index in [0.717, 1.165) is 34.3 Å². The number of imidazole rings is 1. The van der Waals surface area contributed by atoms with Gasteiger partial charge in [-0.25, -0.2) is 4.98 Å². The lowest BCUT2D eigenvalue weighted by atomic mass is 9.92. The maximum atomic E-state index is 9.59. The summed E-state index contributed by atoms with van der Waals surface area (Å²) in [7, 11) is 2.05. The molecule has 1 fully saturated rings. The zero-order valence-corrected chi connectivity index (χ0v) is 19.7. The van der Waals surface area contributed by atoms with E-state index in [9.17, 15) is 5.26 Å². The third-order valence-electron chi connectivity index (χ3n) is 6.92. The Morgan fingerprint density at radius 1 is 0.939 bits per heavy atom. The van der Waals surface area contributed by atoms with Crippen LogP contribution in [0.1, 0.15) is 41.5 Å². The second kappa shape index (κ2) is 8.84. The summed E-state index contributed by atoms with van der Waals surface area (Å²) in [4.78, 5) is 7.44. The van der Waals surface area contributed by atoms with E-state index in [-0.39, 0.29) is 0 Å². The number of nitriles is 1. The first-order chi connectivity index (χ1) is 16.1. The van der Waals surface area contributed by atoms with E-state index in [1.165, 1.54) is 54.6 Å². The molecule has 0 bridgehead atoms. The minimum atomic E-state index is 0.701. The van der Waals surface area contributed by atoms with E-state index in [2.05, 4.69) is 53.6 Å². The highest BCUT2D eigenvalue weighted by Crippen LogP contribution is 2.39. The molecule has 0 aliphatic carbocycles. The van der Waals surface area contributed by atoms with Crippen LogP contribution in [0.5, 0.6) is 0 Å². The van der Waals surface area contributed by atoms with Gasteiger partial charge >= 0.3 is 0 Å². The Morgan fingerprint density at radius 2 is 1.64 bits per heavy atom. The van der Waals surface area contributed by atoms with Gasteiger partial charge in [0.25, 0.3) is 0 Å². The molecule has 3 aromatic carbocycles. The predicted molar refractivity (Wildman–Crippen MR) is 135 cm³/mol. The number of hydrogen-bond donors (Lipinski definition) is 0. The fourth-order valence-corrected chi connectivity index (χ4v) is 5.43. The summed E-state index contributed by atoms with van der Waals surface area (Å²) in [6.45, 7) is 7.85. The molecule has 166 valence electrons. The molecular formula is C29H30N4. The molecule has 4 nitrogen and oxygen atoms in total. The molecule has 33 heavy (non-hydrogen) atoms. The van der Waals surface area contributed by atoms with Gasteiger partial charge in [-0.1, -0.05) is 48.9 Å². The SMILES string of the molecule is Cc1cc(CN2CCCCC2)cc(C)c1-c1ncn(C)c1-c1ccc(C#N)c2ccccc12. The van der Waals surface area contributed by atoms with Crippen molar-refractivity contribution in [2.75, 3.05) is 13.1 Å². The lowest BCUT2D eigenvalue weighted by molar-refractivity contribution is 0.221. The monoisotopic (exact) mass is 434 g/mol. The van der Waals surface area contributed by atoms with E-state index in [1.807, 2.05) is 37.6 Å². The van der Waals surface area contributed by atoms with Gasteiger partial charge in [-0.05, 0) is 67.9 Å². The van der Waals surface area contributed by atoms with Crippen molar-refractivity contribution in [3.8, 4) is 28.6 Å². The van der Waals surface area contributed by atoms with Crippen LogP contribution < -0.4 is 0 Å². The summed E-state index contributed by atoms with van der Waals surface area (Å²) in [5, 5.41) is 11.7. The number of fused-ring (bicyclic) bond motifs is 1. The molecule has 1 aromatic heterocycles. The van der Waals surface area contributed by atoms with Gasteiger partial charge in [0.15, 0.2) is 0 Å². The van der Waals surface area contributed by atoms with Crippen molar-refractivity contribution >= 4 is 10.8 Å². The summed E-state index contributed by atoms with van der Waals surface area (Å²) in [6.07, 6.45) is 5.88. The van der Waals surface area contributed by atoms with Crippen molar-refractivity contribution in [2.24, 2.45) is 7.05 Å². The van der Waals surface area contributed by atoms with Crippen LogP contribution in [0.2, 0.25) is 0 Å². The molecule has 0 atom stereocenters. The zero-order valence-electron chi connectivity index (χ0n) is 19.7. The van der Waals surface area contributed by atoms with Gasteiger partial charge in [-0.3, -0.25) is 4.90 Å². The summed E-state index contributed by atoms with van der Waals surface area (Å²) in [5.41, 5.74) is 9.03. The summed E-state index contributed by atoms with van der Waals surface area (Å²) in [6, 6.07) is 19.2. The lowest BCUT2D eigenvalue weighted by Crippen LogP contribution is -2.29. The Balaban J connectivity index is 1.61. The Bertz CT molecular complexity index is 1340. The van der Waals surface area contributed by atoms with Crippen LogP contribution in [0.25, 0.3) is 33.3 Å². The van der Waals surface area contributed by atoms with Gasteiger partial charge in [-0.15, -0.1) is 0 Å². The lowest BCUT2D eigenvalue weighted by Gasteiger charge is -2.27. The number of piperidine rings is 1. The fourth-order valence-electron chi connectivity index (χ4n) is 5.43. The largest absolute Gasteiger partial charge is 0.333 e. The van der Waals surface area contributed by atoms with E-state index in [0.29, 0.717) is 5.56 Å². The summed E-state index contributed by atoms with van der Waals surface area (Å²) < 4.78 is 2.10. The molecular weight excluding hydrogens is 404 g/mol. The van der Waals surface area contributed by atoms with Crippen LogP contribution in [-0.2, 0) is 13.6 Å². The molecule has 4 aromatic rings. The smallest absolute Gasteiger partial charge is 0.0998 e. The molecule has 1 aliphatic heterocycles. The number of aromatic nitrogens is 2. The topological polar surface area (TPSA) is 44.9 Å². The van der Waals surface area contributed by atoms with Crippen LogP contribution in [-0.4, -0.2) is 27.5 Å². The van der Waals surface area contributed by atoms with Crippen molar-refractivity contribution in [3.63, 3.8) is 0 Å². The van der Waals surface area contributed by atoms with Gasteiger partial charge in [0, 0.05) is 30.1 Å². The predicted octanol–water partition coefficient (Wildman–Crippen LogP) is 6.38. The second-order valence-corrected chi connectivity index (χ2v) is 9.31. The highest BCUT2D eigenvalue weighted by atomic mass is 15.1. The molecule has 1 aliphatic rings. The molecule has 0 radical (unpaired) electrons. The Hall–Kier alpha value is -3.42. The molecule has 2 heterocycles. The van der Waals surface area contributed by atoms with E-state index >= 15 is 0 Å². The van der Waals surface area contributed by atoms with Crippen LogP contribution in [0.4, 0.5) is 0 Å². The average molecular weight is 435 g/mol. The standard InChI is InChI=1S/C29H30N4/c1-20-15-22(18-33-13-7-4-8-14-33)16-21(2)27(20)28-29(32(3)19-31-28)26-12-11-23(17-30)24-9-5-6-10-25(24)26/h5-6,9-12,15-16,19H,4,7-8,13-14,18H2,1-3H3. The van der Waals surface area contributed by atoms with Crippen LogP contribution in [0.3, 0.4) is 0 Å². The molecule has 4 heteroatoms. The Labute approximate surface area is 196 Å². The first-order valence-corrected chi connectivity index (χ1v) is 11.8. The van der Waals surface area contributed by atoms with Gasteiger partial charge in [0.05, 0.1) is 29.3 Å². The number of rotatable bonds is 4. The molecule has 0 N–H and O–H groups in total. The third kappa shape index (κ3) is 3.94. The van der Waals surface area contributed by atoms with Crippen LogP contribution >= 0.6 is 0 Å². The molecule has 0 amide bonds. The number of benzene rings is 3. The van der Waals surface area contributed by atoms with Crippen molar-refractivity contribution in [2.45, 2.75) is 39.7 Å². The fraction of sp³-hybridized carbons (Fsp3) is 0.310. The molecule has 0 saturated carbocycles. The summed E-state index contributed by atoms with van der Waals surface area (Å²) >= 11 is 0. The quantitative estimate of drug-likeness (QED) is 0.374. The van der Waals surface area contributed by atoms with E-state index in [4.69, 9.17) is 4.98 Å². The third-order valence-corrected chi connectivity index (χ3v) is 6.92. The Morgan fingerprint density at radius 3 is 2.33 bits per heavy atom. The maximum absolute atomic E-state index is 9.59. The van der Waals surface area contributed by atoms with Gasteiger partial charge in [-0.2, -0.15) is 5.26 Å². The minimum Gasteiger partial charge on any atom is -0.333 e.